The molecule has 2 heterocycles. The third-order valence-corrected chi connectivity index (χ3v) is 5.76. The third kappa shape index (κ3) is 7.49. The number of nitrogens with one attached hydrogen (secondary N) is 4. The molecular weight excluding hydrogens is 348 g/mol. The summed E-state index contributed by atoms with van der Waals surface area (Å²) in [6, 6.07) is 0.819. The summed E-state index contributed by atoms with van der Waals surface area (Å²) in [6.07, 6.45) is 7.76. The highest BCUT2D eigenvalue weighted by Gasteiger charge is 2.39. The zero-order valence-corrected chi connectivity index (χ0v) is 19.6. The Kier molecular flexibility index (Phi) is 6.74. The molecule has 0 aromatic rings. The molecule has 1 atom stereocenters. The summed E-state index contributed by atoms with van der Waals surface area (Å²) in [5, 5.41) is 14.3. The van der Waals surface area contributed by atoms with Crippen LogP contribution >= 0.6 is 0 Å². The lowest BCUT2D eigenvalue weighted by molar-refractivity contribution is -0.117. The number of rotatable bonds is 5. The van der Waals surface area contributed by atoms with Gasteiger partial charge in [0.25, 0.3) is 0 Å². The van der Waals surface area contributed by atoms with Crippen LogP contribution in [-0.2, 0) is 4.79 Å². The van der Waals surface area contributed by atoms with Crippen molar-refractivity contribution in [2.75, 3.05) is 0 Å². The summed E-state index contributed by atoms with van der Waals surface area (Å²) in [6.45, 7) is 20.0. The van der Waals surface area contributed by atoms with Crippen LogP contribution in [0.3, 0.4) is 0 Å². The van der Waals surface area contributed by atoms with Crippen molar-refractivity contribution in [1.29, 1.82) is 0 Å². The zero-order chi connectivity index (χ0) is 21.4. The van der Waals surface area contributed by atoms with Gasteiger partial charge in [0.05, 0.1) is 0 Å². The van der Waals surface area contributed by atoms with Gasteiger partial charge in [-0.05, 0) is 88.0 Å². The smallest absolute Gasteiger partial charge is 0.243 e. The van der Waals surface area contributed by atoms with Crippen molar-refractivity contribution in [2.45, 2.75) is 128 Å². The predicted molar refractivity (Wildman–Crippen MR) is 119 cm³/mol. The highest BCUT2D eigenvalue weighted by Crippen LogP contribution is 2.29. The van der Waals surface area contributed by atoms with Crippen molar-refractivity contribution < 1.29 is 4.79 Å². The van der Waals surface area contributed by atoms with E-state index in [1.54, 1.807) is 6.08 Å². The summed E-state index contributed by atoms with van der Waals surface area (Å²) in [4.78, 5) is 12.5. The Morgan fingerprint density at radius 2 is 1.21 bits per heavy atom. The minimum absolute atomic E-state index is 0.0121. The molecule has 4 N–H and O–H groups in total. The van der Waals surface area contributed by atoms with Gasteiger partial charge in [0, 0.05) is 46.4 Å². The Balaban J connectivity index is 1.86. The second-order valence-electron chi connectivity index (χ2n) is 11.8. The van der Waals surface area contributed by atoms with Crippen molar-refractivity contribution in [3.63, 3.8) is 0 Å². The predicted octanol–water partition coefficient (Wildman–Crippen LogP) is 3.26. The van der Waals surface area contributed by atoms with E-state index in [1.807, 2.05) is 6.08 Å². The van der Waals surface area contributed by atoms with Gasteiger partial charge < -0.3 is 21.3 Å². The molecule has 28 heavy (non-hydrogen) atoms. The molecule has 0 bridgehead atoms. The Bertz CT molecular complexity index is 559. The molecule has 0 radical (unpaired) electrons. The van der Waals surface area contributed by atoms with Crippen molar-refractivity contribution in [3.8, 4) is 0 Å². The number of hydrogen-bond acceptors (Lipinski definition) is 4. The quantitative estimate of drug-likeness (QED) is 0.542. The first-order valence-electron chi connectivity index (χ1n) is 10.9. The molecule has 0 aromatic carbocycles. The molecule has 0 aliphatic carbocycles. The number of hydrogen-bond donors (Lipinski definition) is 4. The van der Waals surface area contributed by atoms with E-state index >= 15 is 0 Å². The molecule has 0 spiro atoms. The molecule has 2 rings (SSSR count). The molecule has 2 saturated heterocycles. The van der Waals surface area contributed by atoms with Crippen LogP contribution in [0.5, 0.6) is 0 Å². The van der Waals surface area contributed by atoms with E-state index in [-0.39, 0.29) is 40.1 Å². The van der Waals surface area contributed by atoms with E-state index in [4.69, 9.17) is 0 Å². The first kappa shape index (κ1) is 23.4. The minimum atomic E-state index is 0.0121. The van der Waals surface area contributed by atoms with Gasteiger partial charge >= 0.3 is 0 Å². The average Bonchev–Trinajstić information content (AvgIpc) is 2.37. The second-order valence-corrected chi connectivity index (χ2v) is 11.8. The highest BCUT2D eigenvalue weighted by atomic mass is 16.1. The minimum Gasteiger partial charge on any atom is -0.350 e. The van der Waals surface area contributed by atoms with Crippen LogP contribution in [0.15, 0.2) is 12.2 Å². The Hall–Kier alpha value is -0.910. The van der Waals surface area contributed by atoms with E-state index in [0.717, 1.165) is 25.7 Å². The molecule has 2 fully saturated rings. The second kappa shape index (κ2) is 8.08. The van der Waals surface area contributed by atoms with E-state index < -0.39 is 0 Å². The van der Waals surface area contributed by atoms with Crippen LogP contribution in [0.2, 0.25) is 0 Å². The van der Waals surface area contributed by atoms with Crippen LogP contribution in [0.4, 0.5) is 0 Å². The van der Waals surface area contributed by atoms with Gasteiger partial charge in [0.2, 0.25) is 5.91 Å². The summed E-state index contributed by atoms with van der Waals surface area (Å²) >= 11 is 0. The van der Waals surface area contributed by atoms with E-state index in [2.05, 4.69) is 83.6 Å². The largest absolute Gasteiger partial charge is 0.350 e. The fourth-order valence-corrected chi connectivity index (χ4v) is 5.77. The molecule has 0 saturated carbocycles. The average molecular weight is 393 g/mol. The van der Waals surface area contributed by atoms with Gasteiger partial charge in [-0.3, -0.25) is 4.79 Å². The monoisotopic (exact) mass is 392 g/mol. The van der Waals surface area contributed by atoms with Crippen molar-refractivity contribution in [1.82, 2.24) is 21.3 Å². The lowest BCUT2D eigenvalue weighted by atomic mass is 9.79. The van der Waals surface area contributed by atoms with Gasteiger partial charge in [0.15, 0.2) is 0 Å². The molecule has 0 aromatic heterocycles. The Morgan fingerprint density at radius 1 is 0.821 bits per heavy atom. The van der Waals surface area contributed by atoms with Crippen LogP contribution in [0.25, 0.3) is 0 Å². The normalized spacial score (nSPS) is 28.2. The summed E-state index contributed by atoms with van der Waals surface area (Å²) < 4.78 is 0. The van der Waals surface area contributed by atoms with Crippen molar-refractivity contribution >= 4 is 5.91 Å². The summed E-state index contributed by atoms with van der Waals surface area (Å²) in [5.74, 6) is 0.0121. The van der Waals surface area contributed by atoms with Gasteiger partial charge in [-0.25, -0.2) is 0 Å². The van der Waals surface area contributed by atoms with E-state index in [1.165, 1.54) is 0 Å². The summed E-state index contributed by atoms with van der Waals surface area (Å²) in [5.41, 5.74) is 0.309. The standard InChI is InChI=1S/C23H44N4O/c1-16(24-17-12-20(2,3)26-21(4,5)13-17)10-11-19(28)25-18-14-22(6,7)27-23(8,9)15-18/h10-11,16-18,24,26-27H,12-15H2,1-9H3,(H,25,28)/b11-10+/t16-/m1/s1. The fourth-order valence-electron chi connectivity index (χ4n) is 5.77. The first-order chi connectivity index (χ1) is 12.6. The van der Waals surface area contributed by atoms with Crippen LogP contribution in [0.1, 0.15) is 88.0 Å². The molecule has 1 amide bonds. The molecule has 2 aliphatic heterocycles. The lowest BCUT2D eigenvalue weighted by Gasteiger charge is -2.47. The number of carbonyl (C=O) groups is 1. The van der Waals surface area contributed by atoms with E-state index in [0.29, 0.717) is 6.04 Å². The molecule has 162 valence electrons. The lowest BCUT2D eigenvalue weighted by Crippen LogP contribution is -2.62. The van der Waals surface area contributed by atoms with Crippen molar-refractivity contribution in [3.05, 3.63) is 12.2 Å². The zero-order valence-electron chi connectivity index (χ0n) is 19.6. The Morgan fingerprint density at radius 3 is 1.64 bits per heavy atom. The third-order valence-electron chi connectivity index (χ3n) is 5.76. The van der Waals surface area contributed by atoms with Gasteiger partial charge in [-0.1, -0.05) is 6.08 Å². The van der Waals surface area contributed by atoms with Crippen LogP contribution in [-0.4, -0.2) is 46.2 Å². The SMILES string of the molecule is C[C@H](/C=C/C(=O)NC1CC(C)(C)NC(C)(C)C1)NC1CC(C)(C)NC(C)(C)C1. The van der Waals surface area contributed by atoms with Crippen LogP contribution in [0, 0.1) is 0 Å². The van der Waals surface area contributed by atoms with Gasteiger partial charge in [-0.15, -0.1) is 0 Å². The van der Waals surface area contributed by atoms with Gasteiger partial charge in [0.1, 0.15) is 0 Å². The maximum atomic E-state index is 12.5. The molecule has 5 heteroatoms. The number of carbonyl (C=O) groups excluding carboxylic acids is 1. The van der Waals surface area contributed by atoms with Crippen molar-refractivity contribution in [2.24, 2.45) is 0 Å². The fraction of sp³-hybridized carbons (Fsp3) is 0.870. The molecule has 5 nitrogen and oxygen atoms in total. The number of amides is 1. The first-order valence-corrected chi connectivity index (χ1v) is 10.9. The topological polar surface area (TPSA) is 65.2 Å². The van der Waals surface area contributed by atoms with E-state index in [9.17, 15) is 4.79 Å². The Labute approximate surface area is 172 Å². The maximum absolute atomic E-state index is 12.5. The van der Waals surface area contributed by atoms with Gasteiger partial charge in [-0.2, -0.15) is 0 Å². The summed E-state index contributed by atoms with van der Waals surface area (Å²) in [7, 11) is 0. The number of piperidine rings is 2. The molecular formula is C23H44N4O. The molecule has 0 unspecified atom stereocenters. The molecule has 2 aliphatic rings. The highest BCUT2D eigenvalue weighted by molar-refractivity contribution is 5.87. The van der Waals surface area contributed by atoms with Crippen LogP contribution < -0.4 is 21.3 Å². The maximum Gasteiger partial charge on any atom is 0.243 e.